The van der Waals surface area contributed by atoms with Crippen molar-refractivity contribution >= 4 is 10.1 Å². The smallest absolute Gasteiger partial charge is 0.422 e. The van der Waals surface area contributed by atoms with Crippen LogP contribution < -0.4 is 10.1 Å². The zero-order valence-electron chi connectivity index (χ0n) is 13.8. The highest BCUT2D eigenvalue weighted by Crippen LogP contribution is 2.19. The van der Waals surface area contributed by atoms with Gasteiger partial charge >= 0.3 is 6.18 Å². The second-order valence-electron chi connectivity index (χ2n) is 5.66. The highest BCUT2D eigenvalue weighted by atomic mass is 32.2. The molecule has 1 aliphatic rings. The summed E-state index contributed by atoms with van der Waals surface area (Å²) in [5.74, 6) is 0.152. The van der Waals surface area contributed by atoms with E-state index in [0.717, 1.165) is 18.7 Å². The lowest BCUT2D eigenvalue weighted by molar-refractivity contribution is -0.153. The van der Waals surface area contributed by atoms with Crippen LogP contribution in [0.2, 0.25) is 0 Å². The number of aryl methyl sites for hydroxylation is 1. The fraction of sp³-hybridized carbons (Fsp3) is 0.400. The molecule has 0 bridgehead atoms. The molecule has 1 aliphatic heterocycles. The summed E-state index contributed by atoms with van der Waals surface area (Å²) in [6.45, 7) is 2.15. The summed E-state index contributed by atoms with van der Waals surface area (Å²) >= 11 is 0. The van der Waals surface area contributed by atoms with Gasteiger partial charge in [-0.2, -0.15) is 26.7 Å². The normalized spacial score (nSPS) is 15.0. The van der Waals surface area contributed by atoms with Crippen LogP contribution in [0.4, 0.5) is 13.2 Å². The Morgan fingerprint density at radius 3 is 2.38 bits per heavy atom. The number of hydrogen-bond donors (Lipinski definition) is 2. The van der Waals surface area contributed by atoms with Crippen molar-refractivity contribution in [1.29, 1.82) is 0 Å². The third kappa shape index (κ3) is 6.32. The molecule has 144 valence electrons. The number of nitrogens with one attached hydrogen (secondary N) is 1. The molecule has 26 heavy (non-hydrogen) atoms. The minimum Gasteiger partial charge on any atom is -0.481 e. The van der Waals surface area contributed by atoms with E-state index in [1.54, 1.807) is 16.8 Å². The van der Waals surface area contributed by atoms with Gasteiger partial charge in [0.25, 0.3) is 10.1 Å². The number of halogens is 3. The molecule has 0 atom stereocenters. The first-order valence-electron chi connectivity index (χ1n) is 7.53. The third-order valence-electron chi connectivity index (χ3n) is 3.43. The molecule has 0 radical (unpaired) electrons. The van der Waals surface area contributed by atoms with Crippen LogP contribution in [0.3, 0.4) is 0 Å². The van der Waals surface area contributed by atoms with Crippen LogP contribution in [-0.2, 0) is 10.1 Å². The Labute approximate surface area is 148 Å². The molecular formula is C15H18F3N3O4S. The molecule has 1 aromatic heterocycles. The van der Waals surface area contributed by atoms with Crippen molar-refractivity contribution in [2.75, 3.05) is 19.7 Å². The van der Waals surface area contributed by atoms with Crippen molar-refractivity contribution in [3.63, 3.8) is 0 Å². The third-order valence-corrected chi connectivity index (χ3v) is 4.30. The maximum absolute atomic E-state index is 11.8. The maximum Gasteiger partial charge on any atom is 0.422 e. The van der Waals surface area contributed by atoms with Crippen molar-refractivity contribution in [3.8, 4) is 5.75 Å². The van der Waals surface area contributed by atoms with Crippen molar-refractivity contribution < 1.29 is 30.9 Å². The van der Waals surface area contributed by atoms with Crippen LogP contribution in [0.5, 0.6) is 5.75 Å². The molecule has 2 heterocycles. The topological polar surface area (TPSA) is 93.5 Å². The first kappa shape index (κ1) is 20.2. The van der Waals surface area contributed by atoms with Crippen LogP contribution in [0.1, 0.15) is 11.6 Å². The van der Waals surface area contributed by atoms with E-state index in [9.17, 15) is 21.6 Å². The van der Waals surface area contributed by atoms with Gasteiger partial charge in [0.15, 0.2) is 12.4 Å². The van der Waals surface area contributed by atoms with E-state index < -0.39 is 22.9 Å². The Balaban J connectivity index is 0.000000197. The number of benzene rings is 1. The molecule has 2 aromatic rings. The van der Waals surface area contributed by atoms with Crippen molar-refractivity contribution in [2.45, 2.75) is 24.0 Å². The SMILES string of the molecule is Cc1ccc(S(=O)(=O)O)cc1.FC(F)(F)COc1cnn(C2CNC2)c1. The summed E-state index contributed by atoms with van der Waals surface area (Å²) in [5, 5.41) is 6.97. The Morgan fingerprint density at radius 1 is 1.31 bits per heavy atom. The fourth-order valence-electron chi connectivity index (χ4n) is 1.93. The number of ether oxygens (including phenoxy) is 1. The standard InChI is InChI=1S/C8H10F3N3O.C7H8O3S/c9-8(10,11)5-15-7-3-13-14(4-7)6-1-12-2-6;1-6-2-4-7(5-3-6)11(8,9)10/h3-4,6,12H,1-2,5H2;2-5H,1H3,(H,8,9,10). The quantitative estimate of drug-likeness (QED) is 0.774. The highest BCUT2D eigenvalue weighted by Gasteiger charge is 2.29. The predicted molar refractivity (Wildman–Crippen MR) is 86.7 cm³/mol. The average molecular weight is 393 g/mol. The van der Waals surface area contributed by atoms with Gasteiger partial charge in [-0.05, 0) is 19.1 Å². The molecule has 0 unspecified atom stereocenters. The van der Waals surface area contributed by atoms with E-state index in [1.807, 2.05) is 6.92 Å². The van der Waals surface area contributed by atoms with E-state index in [0.29, 0.717) is 0 Å². The molecule has 11 heteroatoms. The second kappa shape index (κ2) is 8.06. The molecule has 0 saturated carbocycles. The number of hydrogen-bond acceptors (Lipinski definition) is 5. The Hall–Kier alpha value is -2.11. The summed E-state index contributed by atoms with van der Waals surface area (Å²) in [6, 6.07) is 6.22. The lowest BCUT2D eigenvalue weighted by atomic mass is 10.2. The van der Waals surface area contributed by atoms with Gasteiger partial charge in [-0.1, -0.05) is 17.7 Å². The second-order valence-corrected chi connectivity index (χ2v) is 7.08. The van der Waals surface area contributed by atoms with Crippen LogP contribution in [0.25, 0.3) is 0 Å². The molecule has 0 amide bonds. The largest absolute Gasteiger partial charge is 0.481 e. The molecule has 1 aromatic carbocycles. The van der Waals surface area contributed by atoms with Crippen molar-refractivity contribution in [2.24, 2.45) is 0 Å². The molecule has 7 nitrogen and oxygen atoms in total. The zero-order valence-corrected chi connectivity index (χ0v) is 14.6. The fourth-order valence-corrected chi connectivity index (χ4v) is 2.41. The molecule has 1 saturated heterocycles. The molecular weight excluding hydrogens is 375 g/mol. The van der Waals surface area contributed by atoms with E-state index >= 15 is 0 Å². The van der Waals surface area contributed by atoms with E-state index in [1.165, 1.54) is 24.5 Å². The number of rotatable bonds is 4. The first-order valence-corrected chi connectivity index (χ1v) is 8.97. The van der Waals surface area contributed by atoms with Crippen molar-refractivity contribution in [1.82, 2.24) is 15.1 Å². The van der Waals surface area contributed by atoms with E-state index in [2.05, 4.69) is 15.2 Å². The predicted octanol–water partition coefficient (Wildman–Crippen LogP) is 2.21. The van der Waals surface area contributed by atoms with Crippen LogP contribution in [-0.4, -0.2) is 48.6 Å². The first-order chi connectivity index (χ1) is 12.0. The summed E-state index contributed by atoms with van der Waals surface area (Å²) < 4.78 is 71.2. The minimum atomic E-state index is -4.31. The average Bonchev–Trinajstić information content (AvgIpc) is 2.91. The summed E-state index contributed by atoms with van der Waals surface area (Å²) in [4.78, 5) is -0.0666. The lowest BCUT2D eigenvalue weighted by Gasteiger charge is -2.26. The van der Waals surface area contributed by atoms with E-state index in [-0.39, 0.29) is 16.7 Å². The highest BCUT2D eigenvalue weighted by molar-refractivity contribution is 7.85. The van der Waals surface area contributed by atoms with Gasteiger partial charge in [0, 0.05) is 13.1 Å². The van der Waals surface area contributed by atoms with Gasteiger partial charge in [-0.15, -0.1) is 0 Å². The summed E-state index contributed by atoms with van der Waals surface area (Å²) in [7, 11) is -4.02. The zero-order chi connectivity index (χ0) is 19.4. The molecule has 0 aliphatic carbocycles. The number of alkyl halides is 3. The monoisotopic (exact) mass is 393 g/mol. The van der Waals surface area contributed by atoms with Gasteiger partial charge < -0.3 is 10.1 Å². The number of aromatic nitrogens is 2. The Bertz CT molecular complexity index is 815. The van der Waals surface area contributed by atoms with E-state index in [4.69, 9.17) is 4.55 Å². The van der Waals surface area contributed by atoms with Gasteiger partial charge in [-0.3, -0.25) is 9.23 Å². The van der Waals surface area contributed by atoms with Gasteiger partial charge in [0.1, 0.15) is 0 Å². The molecule has 3 rings (SSSR count). The summed E-state index contributed by atoms with van der Waals surface area (Å²) in [6.07, 6.45) is -1.53. The lowest BCUT2D eigenvalue weighted by Crippen LogP contribution is -2.43. The van der Waals surface area contributed by atoms with Gasteiger partial charge in [0.05, 0.1) is 23.3 Å². The molecule has 2 N–H and O–H groups in total. The Kier molecular flexibility index (Phi) is 6.26. The van der Waals surface area contributed by atoms with Crippen LogP contribution in [0.15, 0.2) is 41.6 Å². The Morgan fingerprint density at radius 2 is 1.92 bits per heavy atom. The van der Waals surface area contributed by atoms with Gasteiger partial charge in [0.2, 0.25) is 0 Å². The summed E-state index contributed by atoms with van der Waals surface area (Å²) in [5.41, 5.74) is 0.956. The maximum atomic E-state index is 11.8. The molecule has 1 fully saturated rings. The van der Waals surface area contributed by atoms with Gasteiger partial charge in [-0.25, -0.2) is 0 Å². The van der Waals surface area contributed by atoms with Crippen LogP contribution in [0, 0.1) is 6.92 Å². The van der Waals surface area contributed by atoms with Crippen LogP contribution >= 0.6 is 0 Å². The van der Waals surface area contributed by atoms with Crippen molar-refractivity contribution in [3.05, 3.63) is 42.2 Å². The molecule has 0 spiro atoms. The minimum absolute atomic E-state index is 0.0666. The number of nitrogens with zero attached hydrogens (tertiary/aromatic N) is 2.